The molecule has 0 aliphatic carbocycles. The van der Waals surface area contributed by atoms with Crippen LogP contribution in [0.5, 0.6) is 0 Å². The number of para-hydroxylation sites is 1. The number of hydrogen-bond donors (Lipinski definition) is 2. The zero-order chi connectivity index (χ0) is 16.0. The zero-order valence-corrected chi connectivity index (χ0v) is 14.9. The van der Waals surface area contributed by atoms with Gasteiger partial charge in [-0.2, -0.15) is 13.2 Å². The highest BCUT2D eigenvalue weighted by Crippen LogP contribution is 2.18. The van der Waals surface area contributed by atoms with Crippen LogP contribution in [0.2, 0.25) is 0 Å². The van der Waals surface area contributed by atoms with Crippen LogP contribution < -0.4 is 10.6 Å². The van der Waals surface area contributed by atoms with E-state index < -0.39 is 12.6 Å². The molecule has 2 aromatic rings. The van der Waals surface area contributed by atoms with E-state index in [1.807, 2.05) is 30.3 Å². The molecule has 0 aliphatic rings. The molecule has 126 valence electrons. The number of aliphatic imine (C=N–C) groups is 1. The van der Waals surface area contributed by atoms with Crippen molar-refractivity contribution in [2.75, 3.05) is 13.6 Å². The molecule has 0 saturated heterocycles. The highest BCUT2D eigenvalue weighted by molar-refractivity contribution is 14.0. The van der Waals surface area contributed by atoms with Gasteiger partial charge in [-0.1, -0.05) is 24.3 Å². The van der Waals surface area contributed by atoms with E-state index in [2.05, 4.69) is 20.6 Å². The molecule has 0 spiro atoms. The van der Waals surface area contributed by atoms with Gasteiger partial charge in [0.2, 0.25) is 0 Å². The van der Waals surface area contributed by atoms with E-state index >= 15 is 0 Å². The van der Waals surface area contributed by atoms with E-state index in [0.717, 1.165) is 16.5 Å². The Bertz CT molecular complexity index is 653. The molecule has 2 N–H and O–H groups in total. The quantitative estimate of drug-likeness (QED) is 0.437. The van der Waals surface area contributed by atoms with Crippen LogP contribution in [0.25, 0.3) is 10.9 Å². The lowest BCUT2D eigenvalue weighted by Crippen LogP contribution is -2.38. The number of guanidine groups is 1. The van der Waals surface area contributed by atoms with Crippen LogP contribution in [0.3, 0.4) is 0 Å². The fraction of sp³-hybridized carbons (Fsp3) is 0.333. The van der Waals surface area contributed by atoms with Crippen LogP contribution >= 0.6 is 24.0 Å². The van der Waals surface area contributed by atoms with E-state index in [4.69, 9.17) is 0 Å². The molecule has 4 nitrogen and oxygen atoms in total. The molecular formula is C15H18F3IN4. The van der Waals surface area contributed by atoms with Gasteiger partial charge in [0.15, 0.2) is 5.96 Å². The van der Waals surface area contributed by atoms with Gasteiger partial charge in [0.05, 0.1) is 11.9 Å². The Morgan fingerprint density at radius 2 is 1.91 bits per heavy atom. The van der Waals surface area contributed by atoms with Gasteiger partial charge in [0.1, 0.15) is 0 Å². The molecule has 1 aromatic heterocycles. The first kappa shape index (κ1) is 19.5. The van der Waals surface area contributed by atoms with Crippen LogP contribution in [0, 0.1) is 0 Å². The van der Waals surface area contributed by atoms with Crippen LogP contribution in [0.1, 0.15) is 12.0 Å². The van der Waals surface area contributed by atoms with Gasteiger partial charge >= 0.3 is 6.18 Å². The number of alkyl halides is 3. The van der Waals surface area contributed by atoms with Crippen molar-refractivity contribution in [1.29, 1.82) is 0 Å². The summed E-state index contributed by atoms with van der Waals surface area (Å²) in [6, 6.07) is 9.62. The lowest BCUT2D eigenvalue weighted by molar-refractivity contribution is -0.132. The summed E-state index contributed by atoms with van der Waals surface area (Å²) in [4.78, 5) is 8.24. The van der Waals surface area contributed by atoms with E-state index in [-0.39, 0.29) is 30.5 Å². The molecule has 0 atom stereocenters. The lowest BCUT2D eigenvalue weighted by atomic mass is 10.1. The molecule has 1 aromatic carbocycles. The van der Waals surface area contributed by atoms with Crippen molar-refractivity contribution >= 4 is 40.8 Å². The number of nitrogens with zero attached hydrogens (tertiary/aromatic N) is 2. The van der Waals surface area contributed by atoms with Crippen LogP contribution in [0.15, 0.2) is 41.5 Å². The summed E-state index contributed by atoms with van der Waals surface area (Å²) in [7, 11) is 1.52. The van der Waals surface area contributed by atoms with Crippen LogP contribution in [0.4, 0.5) is 13.2 Å². The van der Waals surface area contributed by atoms with Crippen molar-refractivity contribution in [3.05, 3.63) is 42.1 Å². The summed E-state index contributed by atoms with van der Waals surface area (Å²) >= 11 is 0. The fourth-order valence-corrected chi connectivity index (χ4v) is 2.03. The molecule has 0 saturated carbocycles. The van der Waals surface area contributed by atoms with E-state index in [1.165, 1.54) is 7.05 Å². The second kappa shape index (κ2) is 8.90. The van der Waals surface area contributed by atoms with Gasteiger partial charge in [0.25, 0.3) is 0 Å². The number of aromatic nitrogens is 1. The van der Waals surface area contributed by atoms with Gasteiger partial charge in [0, 0.05) is 31.7 Å². The Morgan fingerprint density at radius 3 is 2.61 bits per heavy atom. The first-order valence-corrected chi connectivity index (χ1v) is 6.83. The number of rotatable bonds is 4. The van der Waals surface area contributed by atoms with Crippen molar-refractivity contribution in [3.8, 4) is 0 Å². The smallest absolute Gasteiger partial charge is 0.356 e. The molecule has 0 amide bonds. The van der Waals surface area contributed by atoms with Gasteiger partial charge in [-0.3, -0.25) is 9.98 Å². The molecule has 0 unspecified atom stereocenters. The maximum atomic E-state index is 12.1. The van der Waals surface area contributed by atoms with Gasteiger partial charge < -0.3 is 10.6 Å². The maximum absolute atomic E-state index is 12.1. The summed E-state index contributed by atoms with van der Waals surface area (Å²) in [5.74, 6) is 0.331. The predicted octanol–water partition coefficient (Wildman–Crippen LogP) is 3.47. The number of halogens is 4. The average Bonchev–Trinajstić information content (AvgIpc) is 2.49. The second-order valence-electron chi connectivity index (χ2n) is 4.71. The van der Waals surface area contributed by atoms with Gasteiger partial charge in [-0.05, 0) is 11.6 Å². The first-order valence-electron chi connectivity index (χ1n) is 6.83. The van der Waals surface area contributed by atoms with Crippen molar-refractivity contribution in [1.82, 2.24) is 15.6 Å². The monoisotopic (exact) mass is 438 g/mol. The third kappa shape index (κ3) is 6.20. The molecule has 8 heteroatoms. The lowest BCUT2D eigenvalue weighted by Gasteiger charge is -2.13. The van der Waals surface area contributed by atoms with E-state index in [1.54, 1.807) is 6.20 Å². The minimum atomic E-state index is -4.18. The highest BCUT2D eigenvalue weighted by atomic mass is 127. The standard InChI is InChI=1S/C15H17F3N4.HI/c1-19-14(21-9-7-15(16,17)18)22-10-12-5-2-4-11-6-3-8-20-13(11)12;/h2-6,8H,7,9-10H2,1H3,(H2,19,21,22);1H. The molecule has 23 heavy (non-hydrogen) atoms. The third-order valence-corrected chi connectivity index (χ3v) is 3.09. The predicted molar refractivity (Wildman–Crippen MR) is 96.0 cm³/mol. The van der Waals surface area contributed by atoms with Crippen molar-refractivity contribution in [2.24, 2.45) is 4.99 Å². The number of pyridine rings is 1. The van der Waals surface area contributed by atoms with E-state index in [9.17, 15) is 13.2 Å². The van der Waals surface area contributed by atoms with Gasteiger partial charge in [-0.15, -0.1) is 24.0 Å². The largest absolute Gasteiger partial charge is 0.390 e. The van der Waals surface area contributed by atoms with E-state index in [0.29, 0.717) is 12.5 Å². The molecular weight excluding hydrogens is 420 g/mol. The molecule has 0 fully saturated rings. The number of hydrogen-bond acceptors (Lipinski definition) is 2. The normalized spacial score (nSPS) is 11.9. The second-order valence-corrected chi connectivity index (χ2v) is 4.71. The molecule has 0 aliphatic heterocycles. The van der Waals surface area contributed by atoms with Gasteiger partial charge in [-0.25, -0.2) is 0 Å². The zero-order valence-electron chi connectivity index (χ0n) is 12.5. The number of fused-ring (bicyclic) bond motifs is 1. The van der Waals surface area contributed by atoms with Crippen molar-refractivity contribution in [2.45, 2.75) is 19.1 Å². The third-order valence-electron chi connectivity index (χ3n) is 3.09. The molecule has 2 rings (SSSR count). The number of benzene rings is 1. The average molecular weight is 438 g/mol. The maximum Gasteiger partial charge on any atom is 0.390 e. The highest BCUT2D eigenvalue weighted by Gasteiger charge is 2.26. The molecule has 0 radical (unpaired) electrons. The summed E-state index contributed by atoms with van der Waals surface area (Å²) in [5, 5.41) is 6.65. The molecule has 0 bridgehead atoms. The SMILES string of the molecule is CN=C(NCCC(F)(F)F)NCc1cccc2cccnc12.I. The Balaban J connectivity index is 0.00000264. The summed E-state index contributed by atoms with van der Waals surface area (Å²) in [6.45, 7) is 0.219. The Morgan fingerprint density at radius 1 is 1.17 bits per heavy atom. The number of nitrogens with one attached hydrogen (secondary N) is 2. The Kier molecular flexibility index (Phi) is 7.53. The summed E-state index contributed by atoms with van der Waals surface area (Å²) in [6.07, 6.45) is -3.36. The topological polar surface area (TPSA) is 49.3 Å². The Hall–Kier alpha value is -1.58. The first-order chi connectivity index (χ1) is 10.5. The van der Waals surface area contributed by atoms with Crippen molar-refractivity contribution in [3.63, 3.8) is 0 Å². The minimum Gasteiger partial charge on any atom is -0.356 e. The Labute approximate surface area is 149 Å². The van der Waals surface area contributed by atoms with Crippen LogP contribution in [-0.2, 0) is 6.54 Å². The summed E-state index contributed by atoms with van der Waals surface area (Å²) < 4.78 is 36.4. The summed E-state index contributed by atoms with van der Waals surface area (Å²) in [5.41, 5.74) is 1.82. The van der Waals surface area contributed by atoms with Crippen molar-refractivity contribution < 1.29 is 13.2 Å². The fourth-order valence-electron chi connectivity index (χ4n) is 2.03. The van der Waals surface area contributed by atoms with Crippen LogP contribution in [-0.4, -0.2) is 30.7 Å². The molecule has 1 heterocycles. The minimum absolute atomic E-state index is 0.